The van der Waals surface area contributed by atoms with Crippen molar-refractivity contribution in [2.24, 2.45) is 0 Å². The normalized spacial score (nSPS) is 20.4. The lowest BCUT2D eigenvalue weighted by Gasteiger charge is -2.38. The van der Waals surface area contributed by atoms with Gasteiger partial charge in [-0.05, 0) is 49.8 Å². The van der Waals surface area contributed by atoms with Gasteiger partial charge in [-0.15, -0.1) is 11.3 Å². The van der Waals surface area contributed by atoms with Crippen molar-refractivity contribution in [2.45, 2.75) is 102 Å². The number of nitrogens with zero attached hydrogens (tertiary/aromatic N) is 4. The summed E-state index contributed by atoms with van der Waals surface area (Å²) >= 11 is 1.64. The molecule has 1 amide bonds. The first-order valence-electron chi connectivity index (χ1n) is 15.3. The fraction of sp³-hybridized carbons (Fsp3) is 0.733. The molecular weight excluding hydrogens is 569 g/mol. The Morgan fingerprint density at radius 3 is 2.34 bits per heavy atom. The Balaban J connectivity index is 1.40. The number of rotatable bonds is 14. The maximum atomic E-state index is 14.1. The van der Waals surface area contributed by atoms with Crippen LogP contribution >= 0.6 is 11.3 Å². The number of thiophene rings is 1. The molecule has 8 nitrogen and oxygen atoms in total. The Hall–Kier alpha value is -1.51. The van der Waals surface area contributed by atoms with Crippen molar-refractivity contribution in [1.29, 1.82) is 0 Å². The molecule has 2 aromatic rings. The maximum absolute atomic E-state index is 14.1. The molecule has 0 radical (unpaired) electrons. The summed E-state index contributed by atoms with van der Waals surface area (Å²) in [5.41, 5.74) is 3.49. The summed E-state index contributed by atoms with van der Waals surface area (Å²) in [7, 11) is -0.488. The van der Waals surface area contributed by atoms with Crippen molar-refractivity contribution in [3.05, 3.63) is 22.8 Å². The van der Waals surface area contributed by atoms with Gasteiger partial charge in [-0.3, -0.25) is 4.79 Å². The third-order valence-electron chi connectivity index (χ3n) is 8.65. The second-order valence-corrected chi connectivity index (χ2v) is 26.9. The van der Waals surface area contributed by atoms with E-state index in [2.05, 4.69) is 55.5 Å². The van der Waals surface area contributed by atoms with E-state index >= 15 is 0 Å². The average Bonchev–Trinajstić information content (AvgIpc) is 3.37. The number of ether oxygens (including phenoxy) is 3. The van der Waals surface area contributed by atoms with E-state index in [-0.39, 0.29) is 17.6 Å². The van der Waals surface area contributed by atoms with Gasteiger partial charge in [0.2, 0.25) is 0 Å². The van der Waals surface area contributed by atoms with E-state index in [4.69, 9.17) is 14.2 Å². The zero-order valence-corrected chi connectivity index (χ0v) is 29.1. The van der Waals surface area contributed by atoms with Crippen LogP contribution in [0.3, 0.4) is 0 Å². The number of methoxy groups -OCH3 is 1. The smallest absolute Gasteiger partial charge is 0.267 e. The number of hydrogen-bond donors (Lipinski definition) is 0. The van der Waals surface area contributed by atoms with Gasteiger partial charge in [0.15, 0.2) is 0 Å². The van der Waals surface area contributed by atoms with Crippen LogP contribution in [0.15, 0.2) is 12.4 Å². The lowest BCUT2D eigenvalue weighted by atomic mass is 9.97. The third kappa shape index (κ3) is 7.53. The topological polar surface area (TPSA) is 69.1 Å². The zero-order valence-electron chi connectivity index (χ0n) is 26.3. The van der Waals surface area contributed by atoms with Crippen molar-refractivity contribution in [1.82, 2.24) is 14.7 Å². The molecule has 0 aromatic carbocycles. The summed E-state index contributed by atoms with van der Waals surface area (Å²) < 4.78 is 20.0. The van der Waals surface area contributed by atoms with E-state index in [0.717, 1.165) is 73.5 Å². The van der Waals surface area contributed by atoms with Crippen LogP contribution in [0.25, 0.3) is 10.4 Å². The first-order chi connectivity index (χ1) is 19.4. The van der Waals surface area contributed by atoms with Crippen LogP contribution in [-0.4, -0.2) is 88.5 Å². The largest absolute Gasteiger partial charge is 0.378 e. The lowest BCUT2D eigenvalue weighted by Crippen LogP contribution is -2.47. The highest BCUT2D eigenvalue weighted by Crippen LogP contribution is 2.50. The molecule has 1 aliphatic carbocycles. The Kier molecular flexibility index (Phi) is 9.23. The maximum Gasteiger partial charge on any atom is 0.267 e. The molecule has 1 fully saturated rings. The summed E-state index contributed by atoms with van der Waals surface area (Å²) in [6.07, 6.45) is 9.23. The van der Waals surface area contributed by atoms with Gasteiger partial charge in [0.05, 0.1) is 17.5 Å². The number of aromatic nitrogens is 2. The molecule has 1 saturated carbocycles. The monoisotopic (exact) mass is 618 g/mol. The highest BCUT2D eigenvalue weighted by molar-refractivity contribution is 7.18. The van der Waals surface area contributed by atoms with Crippen LogP contribution in [0, 0.1) is 0 Å². The minimum absolute atomic E-state index is 0.0460. The van der Waals surface area contributed by atoms with Crippen LogP contribution in [0.1, 0.15) is 40.9 Å². The van der Waals surface area contributed by atoms with Gasteiger partial charge in [0.1, 0.15) is 18.3 Å². The molecule has 11 heteroatoms. The molecule has 2 aliphatic heterocycles. The molecule has 0 spiro atoms. The molecule has 0 unspecified atom stereocenters. The minimum Gasteiger partial charge on any atom is -0.378 e. The Morgan fingerprint density at radius 1 is 1.02 bits per heavy atom. The number of anilines is 1. The third-order valence-corrected chi connectivity index (χ3v) is 13.3. The summed E-state index contributed by atoms with van der Waals surface area (Å²) in [5.74, 6) is 0.101. The standard InChI is InChI=1S/C30H50N4O4SSi2/c1-36-30(10-11-30)17-24-20-32(21-37-13-15-40(2,3)4)29(35)28-26-25(9-8-12-34(24)26)27(39-28)23-18-31-33(19-23)22-38-14-16-41(5,6)7/h18-19,24H,8-17,20-22H2,1-7H3/t24-/m1/s1. The first-order valence-corrected chi connectivity index (χ1v) is 23.6. The van der Waals surface area contributed by atoms with Gasteiger partial charge in [0, 0.05) is 72.2 Å². The molecule has 5 rings (SSSR count). The Labute approximate surface area is 252 Å². The first kappa shape index (κ1) is 30.9. The van der Waals surface area contributed by atoms with Crippen molar-refractivity contribution in [3.8, 4) is 10.4 Å². The molecular formula is C30H50N4O4SSi2. The lowest BCUT2D eigenvalue weighted by molar-refractivity contribution is 0.0208. The summed E-state index contributed by atoms with van der Waals surface area (Å²) in [6.45, 7) is 18.1. The SMILES string of the molecule is COC1(C[C@@H]2CN(COCC[Si](C)(C)C)C(=O)c3sc(-c4cnn(COCC[Si](C)(C)C)c4)c4c3N2CCC4)CC1. The van der Waals surface area contributed by atoms with E-state index in [9.17, 15) is 4.79 Å². The van der Waals surface area contributed by atoms with Crippen molar-refractivity contribution in [3.63, 3.8) is 0 Å². The number of carbonyl (C=O) groups is 1. The average molecular weight is 619 g/mol. The summed E-state index contributed by atoms with van der Waals surface area (Å²) in [6, 6.07) is 2.46. The van der Waals surface area contributed by atoms with E-state index < -0.39 is 16.1 Å². The summed E-state index contributed by atoms with van der Waals surface area (Å²) in [5, 5.41) is 4.62. The molecule has 228 valence electrons. The second kappa shape index (κ2) is 12.2. The Bertz CT molecular complexity index is 1210. The van der Waals surface area contributed by atoms with Crippen LogP contribution in [-0.2, 0) is 27.4 Å². The van der Waals surface area contributed by atoms with E-state index in [1.54, 1.807) is 11.3 Å². The Morgan fingerprint density at radius 2 is 1.71 bits per heavy atom. The molecule has 4 heterocycles. The molecule has 2 aromatic heterocycles. The highest BCUT2D eigenvalue weighted by atomic mass is 32.1. The minimum atomic E-state index is -1.20. The van der Waals surface area contributed by atoms with Crippen molar-refractivity contribution < 1.29 is 19.0 Å². The zero-order chi connectivity index (χ0) is 29.4. The molecule has 0 N–H and O–H groups in total. The van der Waals surface area contributed by atoms with Crippen LogP contribution in [0.5, 0.6) is 0 Å². The highest BCUT2D eigenvalue weighted by Gasteiger charge is 2.48. The molecule has 41 heavy (non-hydrogen) atoms. The predicted octanol–water partition coefficient (Wildman–Crippen LogP) is 6.38. The number of carbonyl (C=O) groups excluding carboxylic acids is 1. The van der Waals surface area contributed by atoms with Crippen molar-refractivity contribution in [2.75, 3.05) is 45.0 Å². The van der Waals surface area contributed by atoms with Gasteiger partial charge in [-0.25, -0.2) is 4.68 Å². The van der Waals surface area contributed by atoms with Crippen molar-refractivity contribution >= 4 is 39.1 Å². The van der Waals surface area contributed by atoms with Gasteiger partial charge >= 0.3 is 0 Å². The second-order valence-electron chi connectivity index (χ2n) is 14.6. The fourth-order valence-corrected chi connectivity index (χ4v) is 8.66. The van der Waals surface area contributed by atoms with E-state index in [1.807, 2.05) is 22.9 Å². The molecule has 0 saturated heterocycles. The predicted molar refractivity (Wildman–Crippen MR) is 173 cm³/mol. The van der Waals surface area contributed by atoms with Crippen LogP contribution < -0.4 is 4.90 Å². The van der Waals surface area contributed by atoms with Gasteiger partial charge < -0.3 is 24.0 Å². The van der Waals surface area contributed by atoms with E-state index in [0.29, 0.717) is 26.6 Å². The number of hydrogen-bond acceptors (Lipinski definition) is 7. The van der Waals surface area contributed by atoms with E-state index in [1.165, 1.54) is 10.4 Å². The molecule has 1 atom stereocenters. The molecule has 3 aliphatic rings. The quantitative estimate of drug-likeness (QED) is 0.181. The fourth-order valence-electron chi connectivity index (χ4n) is 5.84. The summed E-state index contributed by atoms with van der Waals surface area (Å²) in [4.78, 5) is 20.7. The molecule has 0 bridgehead atoms. The van der Waals surface area contributed by atoms with Crippen LogP contribution in [0.4, 0.5) is 5.69 Å². The number of amides is 1. The van der Waals surface area contributed by atoms with Gasteiger partial charge in [-0.1, -0.05) is 39.3 Å². The van der Waals surface area contributed by atoms with Crippen LogP contribution in [0.2, 0.25) is 51.4 Å². The van der Waals surface area contributed by atoms with Gasteiger partial charge in [0.25, 0.3) is 5.91 Å². The van der Waals surface area contributed by atoms with Gasteiger partial charge in [-0.2, -0.15) is 5.10 Å².